The lowest BCUT2D eigenvalue weighted by Gasteiger charge is -2.21. The van der Waals surface area contributed by atoms with Crippen LogP contribution in [0.2, 0.25) is 0 Å². The summed E-state index contributed by atoms with van der Waals surface area (Å²) in [7, 11) is 1.61. The van der Waals surface area contributed by atoms with Crippen LogP contribution in [0.15, 0.2) is 18.2 Å². The Bertz CT molecular complexity index is 624. The second-order valence-electron chi connectivity index (χ2n) is 6.24. The van der Waals surface area contributed by atoms with Crippen LogP contribution < -0.4 is 14.4 Å². The van der Waals surface area contributed by atoms with Gasteiger partial charge in [-0.15, -0.1) is 0 Å². The minimum Gasteiger partial charge on any atom is -0.493 e. The molecule has 2 aliphatic rings. The molecular formula is C18H23NO5. The summed E-state index contributed by atoms with van der Waals surface area (Å²) in [5.41, 5.74) is 0.739. The first kappa shape index (κ1) is 16.6. The van der Waals surface area contributed by atoms with Crippen LogP contribution in [0.1, 0.15) is 39.0 Å². The molecule has 6 heteroatoms. The van der Waals surface area contributed by atoms with Gasteiger partial charge in [0, 0.05) is 31.6 Å². The highest BCUT2D eigenvalue weighted by atomic mass is 16.5. The van der Waals surface area contributed by atoms with Crippen LogP contribution in [0.3, 0.4) is 0 Å². The Hall–Kier alpha value is -2.24. The Labute approximate surface area is 141 Å². The van der Waals surface area contributed by atoms with Crippen LogP contribution in [0.5, 0.6) is 11.5 Å². The smallest absolute Gasteiger partial charge is 0.303 e. The standard InChI is InChI=1S/C18H23NO5/c1-12(20)23-16-9-10-19(18(16)21)13-7-8-15(22-2)17(11-13)24-14-5-3-4-6-14/h7-8,11,14,16H,3-6,9-10H2,1-2H3. The summed E-state index contributed by atoms with van der Waals surface area (Å²) in [5.74, 6) is 0.692. The second kappa shape index (κ2) is 7.11. The van der Waals surface area contributed by atoms with E-state index >= 15 is 0 Å². The average Bonchev–Trinajstić information content (AvgIpc) is 3.18. The van der Waals surface area contributed by atoms with E-state index in [1.807, 2.05) is 18.2 Å². The molecule has 0 N–H and O–H groups in total. The molecule has 24 heavy (non-hydrogen) atoms. The van der Waals surface area contributed by atoms with Gasteiger partial charge in [-0.1, -0.05) is 0 Å². The topological polar surface area (TPSA) is 65.1 Å². The Kier molecular flexibility index (Phi) is 4.92. The van der Waals surface area contributed by atoms with Crippen molar-refractivity contribution in [3.63, 3.8) is 0 Å². The van der Waals surface area contributed by atoms with E-state index in [9.17, 15) is 9.59 Å². The molecule has 1 atom stereocenters. The molecule has 0 aromatic heterocycles. The SMILES string of the molecule is COc1ccc(N2CCC(OC(C)=O)C2=O)cc1OC1CCCC1. The number of hydrogen-bond acceptors (Lipinski definition) is 5. The second-order valence-corrected chi connectivity index (χ2v) is 6.24. The van der Waals surface area contributed by atoms with Gasteiger partial charge in [-0.05, 0) is 37.8 Å². The molecule has 3 rings (SSSR count). The van der Waals surface area contributed by atoms with Gasteiger partial charge in [0.25, 0.3) is 5.91 Å². The van der Waals surface area contributed by atoms with Crippen molar-refractivity contribution in [2.24, 2.45) is 0 Å². The molecule has 2 fully saturated rings. The van der Waals surface area contributed by atoms with Gasteiger partial charge in [0.1, 0.15) is 0 Å². The number of carbonyl (C=O) groups is 2. The lowest BCUT2D eigenvalue weighted by atomic mass is 10.2. The molecule has 1 aromatic carbocycles. The quantitative estimate of drug-likeness (QED) is 0.775. The maximum Gasteiger partial charge on any atom is 0.303 e. The molecule has 130 valence electrons. The summed E-state index contributed by atoms with van der Waals surface area (Å²) in [4.78, 5) is 25.2. The fourth-order valence-corrected chi connectivity index (χ4v) is 3.33. The number of ether oxygens (including phenoxy) is 3. The van der Waals surface area contributed by atoms with Crippen LogP contribution in [-0.2, 0) is 14.3 Å². The number of carbonyl (C=O) groups excluding carboxylic acids is 2. The normalized spacial score (nSPS) is 21.2. The third-order valence-electron chi connectivity index (χ3n) is 4.52. The van der Waals surface area contributed by atoms with Crippen molar-refractivity contribution in [3.05, 3.63) is 18.2 Å². The van der Waals surface area contributed by atoms with E-state index in [4.69, 9.17) is 14.2 Å². The first-order valence-corrected chi connectivity index (χ1v) is 8.42. The van der Waals surface area contributed by atoms with Crippen LogP contribution >= 0.6 is 0 Å². The molecule has 0 spiro atoms. The van der Waals surface area contributed by atoms with E-state index in [0.29, 0.717) is 24.5 Å². The molecular weight excluding hydrogens is 310 g/mol. The molecule has 1 saturated heterocycles. The minimum absolute atomic E-state index is 0.192. The van der Waals surface area contributed by atoms with Gasteiger partial charge >= 0.3 is 5.97 Å². The van der Waals surface area contributed by atoms with Gasteiger partial charge in [0.15, 0.2) is 17.6 Å². The van der Waals surface area contributed by atoms with E-state index in [1.54, 1.807) is 12.0 Å². The van der Waals surface area contributed by atoms with Crippen molar-refractivity contribution in [1.82, 2.24) is 0 Å². The van der Waals surface area contributed by atoms with Crippen LogP contribution in [0, 0.1) is 0 Å². The summed E-state index contributed by atoms with van der Waals surface area (Å²) in [6.45, 7) is 1.84. The molecule has 1 aliphatic heterocycles. The Morgan fingerprint density at radius 3 is 2.58 bits per heavy atom. The van der Waals surface area contributed by atoms with Crippen LogP contribution in [-0.4, -0.2) is 37.7 Å². The lowest BCUT2D eigenvalue weighted by Crippen LogP contribution is -2.31. The van der Waals surface area contributed by atoms with Gasteiger partial charge in [-0.2, -0.15) is 0 Å². The number of nitrogens with zero attached hydrogens (tertiary/aromatic N) is 1. The number of esters is 1. The number of hydrogen-bond donors (Lipinski definition) is 0. The van der Waals surface area contributed by atoms with Crippen molar-refractivity contribution in [3.8, 4) is 11.5 Å². The monoisotopic (exact) mass is 333 g/mol. The fourth-order valence-electron chi connectivity index (χ4n) is 3.33. The van der Waals surface area contributed by atoms with Crippen molar-refractivity contribution in [2.45, 2.75) is 51.2 Å². The summed E-state index contributed by atoms with van der Waals surface area (Å²) < 4.78 is 16.5. The first-order chi connectivity index (χ1) is 11.6. The molecule has 1 aliphatic carbocycles. The summed E-state index contributed by atoms with van der Waals surface area (Å²) in [5, 5.41) is 0. The average molecular weight is 333 g/mol. The highest BCUT2D eigenvalue weighted by Crippen LogP contribution is 2.36. The van der Waals surface area contributed by atoms with Crippen LogP contribution in [0.25, 0.3) is 0 Å². The Morgan fingerprint density at radius 2 is 1.92 bits per heavy atom. The van der Waals surface area contributed by atoms with Crippen molar-refractivity contribution in [1.29, 1.82) is 0 Å². The van der Waals surface area contributed by atoms with E-state index in [0.717, 1.165) is 18.5 Å². The lowest BCUT2D eigenvalue weighted by molar-refractivity contribution is -0.151. The third-order valence-corrected chi connectivity index (χ3v) is 4.52. The molecule has 1 unspecified atom stereocenters. The van der Waals surface area contributed by atoms with Gasteiger partial charge in [-0.3, -0.25) is 9.59 Å². The first-order valence-electron chi connectivity index (χ1n) is 8.42. The van der Waals surface area contributed by atoms with Crippen molar-refractivity contribution >= 4 is 17.6 Å². The van der Waals surface area contributed by atoms with E-state index in [-0.39, 0.29) is 12.0 Å². The van der Waals surface area contributed by atoms with Gasteiger partial charge in [-0.25, -0.2) is 0 Å². The number of anilines is 1. The zero-order chi connectivity index (χ0) is 17.1. The van der Waals surface area contributed by atoms with E-state index in [2.05, 4.69) is 0 Å². The van der Waals surface area contributed by atoms with Gasteiger partial charge in [0.05, 0.1) is 13.2 Å². The van der Waals surface area contributed by atoms with E-state index < -0.39 is 12.1 Å². The molecule has 1 heterocycles. The number of rotatable bonds is 5. The third kappa shape index (κ3) is 3.47. The van der Waals surface area contributed by atoms with Crippen molar-refractivity contribution in [2.75, 3.05) is 18.6 Å². The van der Waals surface area contributed by atoms with Gasteiger partial charge in [0.2, 0.25) is 0 Å². The largest absolute Gasteiger partial charge is 0.493 e. The maximum atomic E-state index is 12.4. The van der Waals surface area contributed by atoms with Crippen molar-refractivity contribution < 1.29 is 23.8 Å². The van der Waals surface area contributed by atoms with E-state index in [1.165, 1.54) is 19.8 Å². The minimum atomic E-state index is -0.691. The molecule has 1 amide bonds. The Morgan fingerprint density at radius 1 is 1.17 bits per heavy atom. The molecule has 0 bridgehead atoms. The summed E-state index contributed by atoms with van der Waals surface area (Å²) in [6.07, 6.45) is 4.47. The molecule has 6 nitrogen and oxygen atoms in total. The number of methoxy groups -OCH3 is 1. The number of benzene rings is 1. The molecule has 0 radical (unpaired) electrons. The zero-order valence-corrected chi connectivity index (χ0v) is 14.1. The molecule has 1 saturated carbocycles. The van der Waals surface area contributed by atoms with Gasteiger partial charge < -0.3 is 19.1 Å². The predicted octanol–water partition coefficient (Wildman–Crippen LogP) is 2.69. The fraction of sp³-hybridized carbons (Fsp3) is 0.556. The summed E-state index contributed by atoms with van der Waals surface area (Å²) >= 11 is 0. The maximum absolute atomic E-state index is 12.4. The van der Waals surface area contributed by atoms with Crippen LogP contribution in [0.4, 0.5) is 5.69 Å². The Balaban J connectivity index is 1.78. The highest BCUT2D eigenvalue weighted by Gasteiger charge is 2.35. The zero-order valence-electron chi connectivity index (χ0n) is 14.1. The predicted molar refractivity (Wildman–Crippen MR) is 88.4 cm³/mol. The highest BCUT2D eigenvalue weighted by molar-refractivity contribution is 5.99. The molecule has 1 aromatic rings. The summed E-state index contributed by atoms with van der Waals surface area (Å²) in [6, 6.07) is 5.48. The number of amides is 1.